The van der Waals surface area contributed by atoms with Crippen LogP contribution < -0.4 is 26.9 Å². The fourth-order valence-corrected chi connectivity index (χ4v) is 3.04. The average Bonchev–Trinajstić information content (AvgIpc) is 2.68. The van der Waals surface area contributed by atoms with E-state index < -0.39 is 22.7 Å². The summed E-state index contributed by atoms with van der Waals surface area (Å²) < 4.78 is 8.61. The molecule has 0 saturated carbocycles. The van der Waals surface area contributed by atoms with E-state index in [0.717, 1.165) is 10.6 Å². The van der Waals surface area contributed by atoms with Crippen molar-refractivity contribution in [3.05, 3.63) is 67.1 Å². The van der Waals surface area contributed by atoms with E-state index in [-0.39, 0.29) is 16.6 Å². The number of hydrogen-bond donors (Lipinski definition) is 1. The molecule has 0 spiro atoms. The molecule has 1 aromatic carbocycles. The molecule has 0 aliphatic rings. The van der Waals surface area contributed by atoms with E-state index in [4.69, 9.17) is 4.74 Å². The van der Waals surface area contributed by atoms with Crippen molar-refractivity contribution < 1.29 is 9.53 Å². The number of benzene rings is 1. The van der Waals surface area contributed by atoms with Crippen LogP contribution in [0, 0.1) is 0 Å². The van der Waals surface area contributed by atoms with Gasteiger partial charge in [0.1, 0.15) is 11.4 Å². The molecular weight excluding hydrogens is 364 g/mol. The number of rotatable bonds is 4. The van der Waals surface area contributed by atoms with Crippen LogP contribution in [0.15, 0.2) is 44.7 Å². The summed E-state index contributed by atoms with van der Waals surface area (Å²) in [5.41, 5.74) is -1.28. The number of amides is 1. The number of nitrogens with zero attached hydrogens (tertiary/aromatic N) is 3. The van der Waals surface area contributed by atoms with Gasteiger partial charge in [0, 0.05) is 32.9 Å². The van der Waals surface area contributed by atoms with Gasteiger partial charge in [-0.25, -0.2) is 4.79 Å². The topological polar surface area (TPSA) is 104 Å². The molecule has 0 aliphatic heterocycles. The van der Waals surface area contributed by atoms with Crippen molar-refractivity contribution in [3.8, 4) is 5.75 Å². The van der Waals surface area contributed by atoms with E-state index in [0.29, 0.717) is 18.0 Å². The molecule has 146 valence electrons. The number of ether oxygens (including phenoxy) is 1. The Morgan fingerprint density at radius 1 is 1.00 bits per heavy atom. The molecule has 0 fully saturated rings. The van der Waals surface area contributed by atoms with Crippen molar-refractivity contribution >= 4 is 22.6 Å². The molecule has 0 radical (unpaired) electrons. The maximum Gasteiger partial charge on any atom is 0.332 e. The molecule has 0 atom stereocenters. The number of pyridine rings is 1. The fraction of sp³-hybridized carbons (Fsp3) is 0.263. The van der Waals surface area contributed by atoms with Crippen LogP contribution in [0.4, 0.5) is 5.69 Å². The third-order valence-electron chi connectivity index (χ3n) is 4.49. The van der Waals surface area contributed by atoms with Gasteiger partial charge in [-0.2, -0.15) is 0 Å². The van der Waals surface area contributed by atoms with Gasteiger partial charge in [-0.1, -0.05) is 0 Å². The number of nitrogens with one attached hydrogen (secondary N) is 1. The Morgan fingerprint density at radius 2 is 1.64 bits per heavy atom. The first-order chi connectivity index (χ1) is 13.3. The molecule has 9 nitrogen and oxygen atoms in total. The van der Waals surface area contributed by atoms with Crippen LogP contribution in [-0.4, -0.2) is 26.2 Å². The third kappa shape index (κ3) is 3.11. The zero-order valence-corrected chi connectivity index (χ0v) is 16.0. The highest BCUT2D eigenvalue weighted by atomic mass is 16.5. The summed E-state index contributed by atoms with van der Waals surface area (Å²) in [5, 5.41) is 2.66. The van der Waals surface area contributed by atoms with Crippen LogP contribution in [0.5, 0.6) is 5.75 Å². The predicted molar refractivity (Wildman–Crippen MR) is 105 cm³/mol. The average molecular weight is 384 g/mol. The minimum Gasteiger partial charge on any atom is -0.494 e. The van der Waals surface area contributed by atoms with Gasteiger partial charge < -0.3 is 10.1 Å². The Bertz CT molecular complexity index is 1250. The van der Waals surface area contributed by atoms with Crippen LogP contribution >= 0.6 is 0 Å². The number of carbonyl (C=O) groups is 1. The van der Waals surface area contributed by atoms with Gasteiger partial charge >= 0.3 is 5.69 Å². The Balaban J connectivity index is 2.16. The lowest BCUT2D eigenvalue weighted by molar-refractivity contribution is 0.102. The number of aryl methyl sites for hydroxylation is 2. The van der Waals surface area contributed by atoms with E-state index in [1.165, 1.54) is 30.3 Å². The summed E-state index contributed by atoms with van der Waals surface area (Å²) in [6.07, 6.45) is 0. The summed E-state index contributed by atoms with van der Waals surface area (Å²) in [6.45, 7) is 2.39. The molecule has 1 amide bonds. The van der Waals surface area contributed by atoms with Crippen LogP contribution in [-0.2, 0) is 21.1 Å². The smallest absolute Gasteiger partial charge is 0.332 e. The minimum absolute atomic E-state index is 0.00450. The summed E-state index contributed by atoms with van der Waals surface area (Å²) in [4.78, 5) is 50.1. The quantitative estimate of drug-likeness (QED) is 0.709. The third-order valence-corrected chi connectivity index (χ3v) is 4.49. The Kier molecular flexibility index (Phi) is 4.91. The molecule has 0 saturated heterocycles. The summed E-state index contributed by atoms with van der Waals surface area (Å²) in [5.74, 6) is 0.0333. The molecule has 3 rings (SSSR count). The van der Waals surface area contributed by atoms with Crippen LogP contribution in [0.25, 0.3) is 11.0 Å². The minimum atomic E-state index is -0.648. The van der Waals surface area contributed by atoms with E-state index in [1.807, 2.05) is 6.92 Å². The molecule has 0 unspecified atom stereocenters. The van der Waals surface area contributed by atoms with Gasteiger partial charge in [0.15, 0.2) is 0 Å². The summed E-state index contributed by atoms with van der Waals surface area (Å²) in [7, 11) is 4.21. The molecule has 1 N–H and O–H groups in total. The predicted octanol–water partition coefficient (Wildman–Crippen LogP) is 0.587. The molecule has 0 aliphatic carbocycles. The first kappa shape index (κ1) is 19.2. The maximum absolute atomic E-state index is 12.8. The second-order valence-corrected chi connectivity index (χ2v) is 6.27. The lowest BCUT2D eigenvalue weighted by atomic mass is 10.1. The maximum atomic E-state index is 12.8. The molecule has 9 heteroatoms. The number of anilines is 1. The van der Waals surface area contributed by atoms with Gasteiger partial charge in [0.25, 0.3) is 17.0 Å². The van der Waals surface area contributed by atoms with Crippen molar-refractivity contribution in [1.29, 1.82) is 0 Å². The number of aromatic nitrogens is 3. The fourth-order valence-electron chi connectivity index (χ4n) is 3.04. The van der Waals surface area contributed by atoms with Crippen LogP contribution in [0.3, 0.4) is 0 Å². The van der Waals surface area contributed by atoms with Crippen molar-refractivity contribution in [2.75, 3.05) is 11.9 Å². The molecule has 2 heterocycles. The Labute approximate surface area is 159 Å². The van der Waals surface area contributed by atoms with Gasteiger partial charge in [0.2, 0.25) is 0 Å². The molecule has 28 heavy (non-hydrogen) atoms. The largest absolute Gasteiger partial charge is 0.494 e. The number of carbonyl (C=O) groups excluding carboxylic acids is 1. The van der Waals surface area contributed by atoms with Gasteiger partial charge in [-0.15, -0.1) is 0 Å². The number of hydrogen-bond acceptors (Lipinski definition) is 5. The highest BCUT2D eigenvalue weighted by Crippen LogP contribution is 2.18. The summed E-state index contributed by atoms with van der Waals surface area (Å²) in [6, 6.07) is 7.80. The van der Waals surface area contributed by atoms with Crippen molar-refractivity contribution in [2.45, 2.75) is 6.92 Å². The van der Waals surface area contributed by atoms with Crippen LogP contribution in [0.1, 0.15) is 17.3 Å². The van der Waals surface area contributed by atoms with E-state index in [9.17, 15) is 19.2 Å². The molecular formula is C19H20N4O5. The van der Waals surface area contributed by atoms with E-state index in [2.05, 4.69) is 5.32 Å². The van der Waals surface area contributed by atoms with Gasteiger partial charge in [0.05, 0.1) is 17.6 Å². The molecule has 2 aromatic heterocycles. The Hall–Kier alpha value is -3.62. The normalized spacial score (nSPS) is 10.9. The highest BCUT2D eigenvalue weighted by Gasteiger charge is 2.20. The van der Waals surface area contributed by atoms with E-state index in [1.54, 1.807) is 24.3 Å². The van der Waals surface area contributed by atoms with Crippen molar-refractivity contribution in [3.63, 3.8) is 0 Å². The zero-order chi connectivity index (χ0) is 20.6. The van der Waals surface area contributed by atoms with Crippen LogP contribution in [0.2, 0.25) is 0 Å². The van der Waals surface area contributed by atoms with E-state index >= 15 is 0 Å². The lowest BCUT2D eigenvalue weighted by Gasteiger charge is -2.14. The first-order valence-electron chi connectivity index (χ1n) is 8.60. The lowest BCUT2D eigenvalue weighted by Crippen LogP contribution is -2.40. The Morgan fingerprint density at radius 3 is 2.25 bits per heavy atom. The standard InChI is InChI=1S/C19H20N4O5/c1-5-28-12-8-6-11(7-9-12)20-16(25)13-10-14(24)21(2)17-15(13)18(26)23(4)19(27)22(17)3/h6-10H,5H2,1-4H3,(H,20,25). The second-order valence-electron chi connectivity index (χ2n) is 6.27. The monoisotopic (exact) mass is 384 g/mol. The van der Waals surface area contributed by atoms with Gasteiger partial charge in [-0.3, -0.25) is 28.1 Å². The SMILES string of the molecule is CCOc1ccc(NC(=O)c2cc(=O)n(C)c3c2c(=O)n(C)c(=O)n3C)cc1. The second kappa shape index (κ2) is 7.18. The zero-order valence-electron chi connectivity index (χ0n) is 16.0. The first-order valence-corrected chi connectivity index (χ1v) is 8.60. The van der Waals surface area contributed by atoms with Gasteiger partial charge in [-0.05, 0) is 31.2 Å². The molecule has 0 bridgehead atoms. The highest BCUT2D eigenvalue weighted by molar-refractivity contribution is 6.11. The van der Waals surface area contributed by atoms with Crippen molar-refractivity contribution in [1.82, 2.24) is 13.7 Å². The molecule has 3 aromatic rings. The van der Waals surface area contributed by atoms with Crippen molar-refractivity contribution in [2.24, 2.45) is 21.1 Å². The summed E-state index contributed by atoms with van der Waals surface area (Å²) >= 11 is 0. The number of fused-ring (bicyclic) bond motifs is 1.